The molecule has 1 N–H and O–H groups in total. The number of anilines is 1. The molecule has 7 nitrogen and oxygen atoms in total. The normalized spacial score (nSPS) is 17.3. The lowest BCUT2D eigenvalue weighted by atomic mass is 9.96. The maximum absolute atomic E-state index is 13.7. The number of aromatic nitrogens is 2. The lowest BCUT2D eigenvalue weighted by Gasteiger charge is -2.22. The van der Waals surface area contributed by atoms with Crippen LogP contribution in [0.5, 0.6) is 5.75 Å². The highest BCUT2D eigenvalue weighted by molar-refractivity contribution is 7.22. The number of carbonyl (C=O) groups excluding carboxylic acids is 2. The van der Waals surface area contributed by atoms with Gasteiger partial charge in [0.1, 0.15) is 17.3 Å². The molecular formula is C26H20FN3O4S. The van der Waals surface area contributed by atoms with E-state index in [1.807, 2.05) is 6.92 Å². The van der Waals surface area contributed by atoms with E-state index in [-0.39, 0.29) is 16.5 Å². The third-order valence-electron chi connectivity index (χ3n) is 5.59. The number of ketones is 1. The summed E-state index contributed by atoms with van der Waals surface area (Å²) in [5, 5.41) is 11.4. The van der Waals surface area contributed by atoms with Crippen molar-refractivity contribution in [3.8, 4) is 5.75 Å². The molecule has 3 heterocycles. The van der Waals surface area contributed by atoms with Crippen LogP contribution in [0.25, 0.3) is 16.0 Å². The lowest BCUT2D eigenvalue weighted by molar-refractivity contribution is -0.132. The minimum atomic E-state index is -0.954. The fourth-order valence-corrected chi connectivity index (χ4v) is 4.97. The Morgan fingerprint density at radius 1 is 1.17 bits per heavy atom. The Bertz CT molecular complexity index is 1450. The Morgan fingerprint density at radius 3 is 2.69 bits per heavy atom. The molecule has 1 fully saturated rings. The van der Waals surface area contributed by atoms with Crippen molar-refractivity contribution in [2.75, 3.05) is 11.5 Å². The standard InChI is InChI=1S/C26H20FN3O4S/c1-2-12-34-18-8-5-15(6-9-18)23(31)21-22(16-4-3-11-28-14-16)30(25(33)24(21)32)26-29-19-10-7-17(27)13-20(19)35-26/h3-11,13-14,22,31H,2,12H2,1H3. The number of benzene rings is 2. The third-order valence-corrected chi connectivity index (χ3v) is 6.61. The highest BCUT2D eigenvalue weighted by Gasteiger charge is 2.48. The summed E-state index contributed by atoms with van der Waals surface area (Å²) in [6.45, 7) is 2.56. The van der Waals surface area contributed by atoms with Crippen LogP contribution in [0.1, 0.15) is 30.5 Å². The first-order chi connectivity index (χ1) is 17.0. The van der Waals surface area contributed by atoms with Gasteiger partial charge >= 0.3 is 5.91 Å². The first-order valence-corrected chi connectivity index (χ1v) is 11.8. The molecule has 35 heavy (non-hydrogen) atoms. The highest BCUT2D eigenvalue weighted by atomic mass is 32.1. The molecule has 2 aromatic carbocycles. The van der Waals surface area contributed by atoms with Crippen LogP contribution in [0.4, 0.5) is 9.52 Å². The number of nitrogens with zero attached hydrogens (tertiary/aromatic N) is 3. The van der Waals surface area contributed by atoms with Crippen molar-refractivity contribution in [1.29, 1.82) is 0 Å². The van der Waals surface area contributed by atoms with Gasteiger partial charge in [0.25, 0.3) is 5.78 Å². The topological polar surface area (TPSA) is 92.6 Å². The van der Waals surface area contributed by atoms with Gasteiger partial charge in [-0.1, -0.05) is 24.3 Å². The SMILES string of the molecule is CCCOc1ccc(C(O)=C2C(=O)C(=O)N(c3nc4ccc(F)cc4s3)C2c2cccnc2)cc1. The van der Waals surface area contributed by atoms with Crippen LogP contribution in [0, 0.1) is 5.82 Å². The zero-order chi connectivity index (χ0) is 24.5. The Hall–Kier alpha value is -4.11. The monoisotopic (exact) mass is 489 g/mol. The quantitative estimate of drug-likeness (QED) is 0.226. The maximum atomic E-state index is 13.7. The summed E-state index contributed by atoms with van der Waals surface area (Å²) < 4.78 is 19.9. The van der Waals surface area contributed by atoms with Crippen LogP contribution in [-0.2, 0) is 9.59 Å². The molecule has 9 heteroatoms. The fraction of sp³-hybridized carbons (Fsp3) is 0.154. The minimum absolute atomic E-state index is 0.0735. The smallest absolute Gasteiger partial charge is 0.301 e. The van der Waals surface area contributed by atoms with Crippen LogP contribution >= 0.6 is 11.3 Å². The van der Waals surface area contributed by atoms with Gasteiger partial charge in [0.15, 0.2) is 5.13 Å². The molecule has 0 spiro atoms. The summed E-state index contributed by atoms with van der Waals surface area (Å²) in [5.74, 6) is -1.77. The molecule has 2 aromatic heterocycles. The molecule has 0 bridgehead atoms. The van der Waals surface area contributed by atoms with Gasteiger partial charge in [0.2, 0.25) is 0 Å². The number of amides is 1. The average Bonchev–Trinajstić information content (AvgIpc) is 3.40. The van der Waals surface area contributed by atoms with Gasteiger partial charge in [-0.3, -0.25) is 19.5 Å². The molecule has 4 aromatic rings. The van der Waals surface area contributed by atoms with Gasteiger partial charge in [0.05, 0.1) is 28.4 Å². The van der Waals surface area contributed by atoms with Crippen LogP contribution < -0.4 is 9.64 Å². The van der Waals surface area contributed by atoms with E-state index in [1.165, 1.54) is 29.3 Å². The molecule has 5 rings (SSSR count). The summed E-state index contributed by atoms with van der Waals surface area (Å²) in [6, 6.07) is 13.2. The number of thiazole rings is 1. The van der Waals surface area contributed by atoms with Gasteiger partial charge in [-0.25, -0.2) is 9.37 Å². The van der Waals surface area contributed by atoms with Gasteiger partial charge in [-0.2, -0.15) is 0 Å². The van der Waals surface area contributed by atoms with Crippen molar-refractivity contribution in [1.82, 2.24) is 9.97 Å². The van der Waals surface area contributed by atoms with Crippen molar-refractivity contribution >= 4 is 44.1 Å². The van der Waals surface area contributed by atoms with E-state index in [0.717, 1.165) is 17.8 Å². The number of pyridine rings is 1. The number of ether oxygens (including phenoxy) is 1. The first kappa shape index (κ1) is 22.7. The number of carbonyl (C=O) groups is 2. The number of Topliss-reactive ketones (excluding diaryl/α,β-unsaturated/α-hetero) is 1. The van der Waals surface area contributed by atoms with E-state index in [0.29, 0.717) is 33.7 Å². The van der Waals surface area contributed by atoms with Gasteiger partial charge in [-0.15, -0.1) is 0 Å². The molecule has 1 saturated heterocycles. The zero-order valence-corrected chi connectivity index (χ0v) is 19.5. The number of hydrogen-bond acceptors (Lipinski definition) is 7. The molecule has 0 radical (unpaired) electrons. The molecular weight excluding hydrogens is 469 g/mol. The Labute approximate surface area is 204 Å². The second-order valence-corrected chi connectivity index (χ2v) is 8.95. The van der Waals surface area contributed by atoms with Crippen molar-refractivity contribution in [2.24, 2.45) is 0 Å². The van der Waals surface area contributed by atoms with Crippen molar-refractivity contribution in [3.05, 3.63) is 89.5 Å². The van der Waals surface area contributed by atoms with E-state index in [9.17, 15) is 19.1 Å². The third kappa shape index (κ3) is 4.15. The summed E-state index contributed by atoms with van der Waals surface area (Å²) in [5.41, 5.74) is 1.32. The molecule has 176 valence electrons. The summed E-state index contributed by atoms with van der Waals surface area (Å²) in [6.07, 6.45) is 3.96. The average molecular weight is 490 g/mol. The zero-order valence-electron chi connectivity index (χ0n) is 18.6. The van der Waals surface area contributed by atoms with Crippen molar-refractivity contribution in [3.63, 3.8) is 0 Å². The van der Waals surface area contributed by atoms with E-state index in [2.05, 4.69) is 9.97 Å². The second kappa shape index (κ2) is 9.27. The van der Waals surface area contributed by atoms with E-state index in [4.69, 9.17) is 4.74 Å². The fourth-order valence-electron chi connectivity index (χ4n) is 3.96. The van der Waals surface area contributed by atoms with Crippen LogP contribution in [-0.4, -0.2) is 33.4 Å². The number of halogens is 1. The summed E-state index contributed by atoms with van der Waals surface area (Å²) >= 11 is 1.09. The Balaban J connectivity index is 1.64. The maximum Gasteiger partial charge on any atom is 0.301 e. The van der Waals surface area contributed by atoms with Gasteiger partial charge in [-0.05, 0) is 60.5 Å². The Kier molecular flexibility index (Phi) is 6.00. The molecule has 0 saturated carbocycles. The number of fused-ring (bicyclic) bond motifs is 1. The lowest BCUT2D eigenvalue weighted by Crippen LogP contribution is -2.29. The van der Waals surface area contributed by atoms with Crippen LogP contribution in [0.3, 0.4) is 0 Å². The highest BCUT2D eigenvalue weighted by Crippen LogP contribution is 2.44. The molecule has 1 atom stereocenters. The number of hydrogen-bond donors (Lipinski definition) is 1. The molecule has 1 unspecified atom stereocenters. The predicted octanol–water partition coefficient (Wildman–Crippen LogP) is 5.25. The predicted molar refractivity (Wildman–Crippen MR) is 131 cm³/mol. The van der Waals surface area contributed by atoms with E-state index >= 15 is 0 Å². The molecule has 1 amide bonds. The second-order valence-electron chi connectivity index (χ2n) is 7.94. The molecule has 1 aliphatic rings. The van der Waals surface area contributed by atoms with Gasteiger partial charge in [0, 0.05) is 18.0 Å². The summed E-state index contributed by atoms with van der Waals surface area (Å²) in [7, 11) is 0. The van der Waals surface area contributed by atoms with Crippen molar-refractivity contribution < 1.29 is 23.8 Å². The first-order valence-electron chi connectivity index (χ1n) is 11.0. The van der Waals surface area contributed by atoms with Crippen molar-refractivity contribution in [2.45, 2.75) is 19.4 Å². The number of aliphatic hydroxyl groups is 1. The molecule has 0 aliphatic carbocycles. The Morgan fingerprint density at radius 2 is 1.97 bits per heavy atom. The largest absolute Gasteiger partial charge is 0.507 e. The minimum Gasteiger partial charge on any atom is -0.507 e. The molecule has 1 aliphatic heterocycles. The summed E-state index contributed by atoms with van der Waals surface area (Å²) in [4.78, 5) is 36.3. The van der Waals surface area contributed by atoms with E-state index in [1.54, 1.807) is 42.6 Å². The van der Waals surface area contributed by atoms with E-state index < -0.39 is 23.5 Å². The number of aliphatic hydroxyl groups excluding tert-OH is 1. The van der Waals surface area contributed by atoms with Gasteiger partial charge < -0.3 is 9.84 Å². The number of rotatable bonds is 6. The van der Waals surface area contributed by atoms with Crippen LogP contribution in [0.15, 0.2) is 72.6 Å². The van der Waals surface area contributed by atoms with Crippen LogP contribution in [0.2, 0.25) is 0 Å².